The number of nitrogens with zero attached hydrogens (tertiary/aromatic N) is 4. The average Bonchev–Trinajstić information content (AvgIpc) is 3.57. The zero-order valence-corrected chi connectivity index (χ0v) is 27.4. The summed E-state index contributed by atoms with van der Waals surface area (Å²) in [4.78, 5) is 4.77. The fraction of sp³-hybridized carbons (Fsp3) is 0.211. The maximum Gasteiger partial charge on any atom is 0.242 e. The van der Waals surface area contributed by atoms with Crippen molar-refractivity contribution in [2.45, 2.75) is 45.4 Å². The smallest absolute Gasteiger partial charge is 0.242 e. The Morgan fingerprint density at radius 1 is 0.886 bits per heavy atom. The zero-order valence-electron chi connectivity index (χ0n) is 28.1. The Balaban J connectivity index is 0.00000351. The molecule has 0 unspecified atom stereocenters. The minimum Gasteiger partial charge on any atom is -0.510 e. The van der Waals surface area contributed by atoms with Crippen molar-refractivity contribution < 1.29 is 34.5 Å². The monoisotopic (exact) mass is 758 g/mol. The predicted octanol–water partition coefficient (Wildman–Crippen LogP) is 8.07. The summed E-state index contributed by atoms with van der Waals surface area (Å²) in [7, 11) is 0. The van der Waals surface area contributed by atoms with E-state index in [0.717, 1.165) is 44.3 Å². The van der Waals surface area contributed by atoms with Crippen LogP contribution in [0.25, 0.3) is 44.3 Å². The molecule has 0 bridgehead atoms. The maximum atomic E-state index is 8.14. The number of hydrogen-bond donors (Lipinski definition) is 0. The van der Waals surface area contributed by atoms with E-state index in [-0.39, 0.29) is 31.9 Å². The van der Waals surface area contributed by atoms with Crippen LogP contribution in [0.1, 0.15) is 55.4 Å². The summed E-state index contributed by atoms with van der Waals surface area (Å²) < 4.78 is 36.1. The molecule has 5 nitrogen and oxygen atoms in total. The van der Waals surface area contributed by atoms with Gasteiger partial charge in [0.05, 0.1) is 22.1 Å². The zero-order chi connectivity index (χ0) is 32.2. The largest absolute Gasteiger partial charge is 0.510 e. The maximum absolute atomic E-state index is 8.14. The van der Waals surface area contributed by atoms with E-state index in [4.69, 9.17) is 13.8 Å². The summed E-state index contributed by atoms with van der Waals surface area (Å²) in [5, 5.41) is 2.16. The second-order valence-corrected chi connectivity index (χ2v) is 12.8. The fourth-order valence-electron chi connectivity index (χ4n) is 6.46. The Hall–Kier alpha value is -4.21. The van der Waals surface area contributed by atoms with Gasteiger partial charge in [-0.05, 0) is 40.0 Å². The molecule has 3 aromatic heterocycles. The van der Waals surface area contributed by atoms with Gasteiger partial charge < -0.3 is 18.4 Å². The number of rotatable bonds is 3. The standard InChI is InChI=1S/C38H32N4O.Pt/c1-37(2,3)24-18-19-39-35(20-24)42-31-12-8-7-10-27(31)28-16-14-25(21-33(28)42)43-26-15-17-29-34(22-26)41-23-40(6)32-13-9-11-30(36(32)41)38(29,4)5;/h7-20H,1-6H3;/q-2;/i6D3;. The molecule has 0 radical (unpaired) electrons. The molecule has 0 amide bonds. The second kappa shape index (κ2) is 9.90. The SMILES string of the molecule is [2H]C([2H])([2H])[n+]1[c-]n2c3c(cccc31)C(C)(C)c1ccc(Oc3[c-]c4c(cc3)c3ccccc3n4-c3cc(C(C)(C)C)ccn3)[c-]c1-2.[Pt]. The third-order valence-electron chi connectivity index (χ3n) is 8.76. The molecule has 0 atom stereocenters. The van der Waals surface area contributed by atoms with Gasteiger partial charge in [-0.2, -0.15) is 12.1 Å². The number of aromatic nitrogens is 4. The summed E-state index contributed by atoms with van der Waals surface area (Å²) in [6, 6.07) is 33.2. The van der Waals surface area contributed by atoms with E-state index in [1.54, 1.807) is 0 Å². The van der Waals surface area contributed by atoms with Crippen molar-refractivity contribution in [2.24, 2.45) is 6.98 Å². The van der Waals surface area contributed by atoms with Gasteiger partial charge in [0.1, 0.15) is 5.82 Å². The van der Waals surface area contributed by atoms with Crippen molar-refractivity contribution in [3.8, 4) is 23.0 Å². The number of para-hydroxylation sites is 2. The Morgan fingerprint density at radius 2 is 1.68 bits per heavy atom. The Morgan fingerprint density at radius 3 is 2.50 bits per heavy atom. The molecular weight excluding hydrogens is 724 g/mol. The van der Waals surface area contributed by atoms with Crippen LogP contribution in [0.15, 0.2) is 85.1 Å². The molecule has 1 aliphatic rings. The number of pyridine rings is 1. The van der Waals surface area contributed by atoms with Crippen molar-refractivity contribution in [1.82, 2.24) is 14.1 Å². The molecule has 0 aliphatic carbocycles. The summed E-state index contributed by atoms with van der Waals surface area (Å²) in [6.07, 6.45) is 4.97. The summed E-state index contributed by atoms with van der Waals surface area (Å²) in [6.45, 7) is 8.51. The molecule has 6 heteroatoms. The summed E-state index contributed by atoms with van der Waals surface area (Å²) in [5.41, 5.74) is 6.86. The molecule has 7 aromatic rings. The van der Waals surface area contributed by atoms with Gasteiger partial charge in [-0.3, -0.25) is 0 Å². The molecule has 0 saturated carbocycles. The third kappa shape index (κ3) is 4.17. The van der Waals surface area contributed by atoms with Crippen LogP contribution in [0.2, 0.25) is 0 Å². The quantitative estimate of drug-likeness (QED) is 0.135. The normalized spacial score (nSPS) is 15.0. The van der Waals surface area contributed by atoms with Crippen molar-refractivity contribution in [3.63, 3.8) is 0 Å². The van der Waals surface area contributed by atoms with Crippen LogP contribution in [0.4, 0.5) is 0 Å². The van der Waals surface area contributed by atoms with Gasteiger partial charge in [0.25, 0.3) is 0 Å². The number of hydrogen-bond acceptors (Lipinski definition) is 2. The second-order valence-electron chi connectivity index (χ2n) is 12.8. The molecular formula is C38H32N4OPt-2. The number of aryl methyl sites for hydroxylation is 1. The molecule has 8 rings (SSSR count). The van der Waals surface area contributed by atoms with Crippen molar-refractivity contribution in [3.05, 3.63) is 120 Å². The van der Waals surface area contributed by atoms with Crippen molar-refractivity contribution in [2.75, 3.05) is 0 Å². The Labute approximate surface area is 276 Å². The van der Waals surface area contributed by atoms with E-state index in [2.05, 4.69) is 94.0 Å². The molecule has 0 saturated heterocycles. The van der Waals surface area contributed by atoms with E-state index in [9.17, 15) is 0 Å². The molecule has 0 N–H and O–H groups in total. The molecule has 44 heavy (non-hydrogen) atoms. The third-order valence-corrected chi connectivity index (χ3v) is 8.76. The first-order chi connectivity index (χ1) is 21.8. The van der Waals surface area contributed by atoms with Crippen LogP contribution in [-0.2, 0) is 38.9 Å². The van der Waals surface area contributed by atoms with Gasteiger partial charge in [0, 0.05) is 44.3 Å². The van der Waals surface area contributed by atoms with E-state index < -0.39 is 6.98 Å². The summed E-state index contributed by atoms with van der Waals surface area (Å²) in [5.74, 6) is 1.85. The number of imidazole rings is 1. The van der Waals surface area contributed by atoms with Gasteiger partial charge in [-0.15, -0.1) is 35.2 Å². The van der Waals surface area contributed by atoms with Crippen LogP contribution < -0.4 is 9.30 Å². The average molecular weight is 759 g/mol. The number of benzene rings is 4. The van der Waals surface area contributed by atoms with E-state index >= 15 is 0 Å². The van der Waals surface area contributed by atoms with E-state index in [1.807, 2.05) is 53.2 Å². The topological polar surface area (TPSA) is 35.9 Å². The van der Waals surface area contributed by atoms with Crippen molar-refractivity contribution in [1.29, 1.82) is 0 Å². The predicted molar refractivity (Wildman–Crippen MR) is 170 cm³/mol. The van der Waals surface area contributed by atoms with E-state index in [1.165, 1.54) is 10.1 Å². The molecule has 1 aliphatic heterocycles. The first-order valence-corrected chi connectivity index (χ1v) is 14.5. The van der Waals surface area contributed by atoms with Gasteiger partial charge in [-0.1, -0.05) is 87.8 Å². The van der Waals surface area contributed by atoms with Crippen molar-refractivity contribution >= 4 is 32.8 Å². The minimum absolute atomic E-state index is 0. The van der Waals surface area contributed by atoms with E-state index in [0.29, 0.717) is 22.7 Å². The molecule has 0 spiro atoms. The minimum atomic E-state index is -2.38. The van der Waals surface area contributed by atoms with Crippen LogP contribution in [0.5, 0.6) is 11.5 Å². The number of ether oxygens (including phenoxy) is 1. The van der Waals surface area contributed by atoms with Gasteiger partial charge in [0.15, 0.2) is 0 Å². The Bertz CT molecular complexity index is 2360. The molecule has 4 aromatic carbocycles. The van der Waals surface area contributed by atoms with Crippen LogP contribution >= 0.6 is 0 Å². The first-order valence-electron chi connectivity index (χ1n) is 16.0. The van der Waals surface area contributed by atoms with Gasteiger partial charge in [-0.25, -0.2) is 4.98 Å². The molecule has 0 fully saturated rings. The molecule has 4 heterocycles. The van der Waals surface area contributed by atoms with Gasteiger partial charge >= 0.3 is 0 Å². The fourth-order valence-corrected chi connectivity index (χ4v) is 6.46. The van der Waals surface area contributed by atoms with Crippen LogP contribution in [0, 0.1) is 18.5 Å². The van der Waals surface area contributed by atoms with Gasteiger partial charge in [0.2, 0.25) is 6.33 Å². The first kappa shape index (κ1) is 25.1. The molecule has 222 valence electrons. The van der Waals surface area contributed by atoms with Crippen LogP contribution in [-0.4, -0.2) is 14.1 Å². The summed E-state index contributed by atoms with van der Waals surface area (Å²) >= 11 is 0. The Kier molecular flexibility index (Phi) is 5.66. The number of fused-ring (bicyclic) bond motifs is 5. The van der Waals surface area contributed by atoms with Crippen LogP contribution in [0.3, 0.4) is 0 Å².